The summed E-state index contributed by atoms with van der Waals surface area (Å²) in [5.74, 6) is 0.857. The third-order valence-electron chi connectivity index (χ3n) is 3.94. The second kappa shape index (κ2) is 5.22. The number of para-hydroxylation sites is 1. The van der Waals surface area contributed by atoms with Crippen molar-refractivity contribution in [3.05, 3.63) is 23.0 Å². The van der Waals surface area contributed by atoms with E-state index in [0.29, 0.717) is 13.2 Å². The summed E-state index contributed by atoms with van der Waals surface area (Å²) < 4.78 is 14.3. The topological polar surface area (TPSA) is 39.2 Å². The highest BCUT2D eigenvalue weighted by molar-refractivity contribution is 7.71. The zero-order valence-corrected chi connectivity index (χ0v) is 12.8. The first kappa shape index (κ1) is 13.6. The van der Waals surface area contributed by atoms with Crippen LogP contribution in [-0.4, -0.2) is 29.4 Å². The molecule has 2 heterocycles. The minimum absolute atomic E-state index is 0.0849. The summed E-state index contributed by atoms with van der Waals surface area (Å²) in [4.78, 5) is 3.30. The molecule has 0 aliphatic carbocycles. The first-order valence-electron chi connectivity index (χ1n) is 7.10. The second-order valence-electron chi connectivity index (χ2n) is 5.50. The van der Waals surface area contributed by atoms with E-state index in [-0.39, 0.29) is 5.54 Å². The van der Waals surface area contributed by atoms with Crippen LogP contribution in [0.1, 0.15) is 26.7 Å². The van der Waals surface area contributed by atoms with Gasteiger partial charge in [-0.15, -0.1) is 0 Å². The number of nitrogens with zero attached hydrogens (tertiary/aromatic N) is 1. The lowest BCUT2D eigenvalue weighted by molar-refractivity contribution is 0.0108. The maximum Gasteiger partial charge on any atom is 0.178 e. The van der Waals surface area contributed by atoms with Gasteiger partial charge in [-0.1, -0.05) is 6.07 Å². The molecule has 1 aliphatic heterocycles. The van der Waals surface area contributed by atoms with Crippen molar-refractivity contribution in [2.24, 2.45) is 0 Å². The molecule has 3 rings (SSSR count). The Morgan fingerprint density at radius 3 is 3.05 bits per heavy atom. The lowest BCUT2D eigenvalue weighted by atomic mass is 9.94. The molecule has 0 bridgehead atoms. The van der Waals surface area contributed by atoms with E-state index in [1.165, 1.54) is 0 Å². The summed E-state index contributed by atoms with van der Waals surface area (Å²) in [6.45, 7) is 6.39. The Hall–Kier alpha value is -1.33. The number of hydrogen-bond donors (Lipinski definition) is 1. The van der Waals surface area contributed by atoms with Crippen molar-refractivity contribution in [2.75, 3.05) is 19.8 Å². The molecule has 0 spiro atoms. The van der Waals surface area contributed by atoms with Gasteiger partial charge in [-0.3, -0.25) is 0 Å². The van der Waals surface area contributed by atoms with Crippen LogP contribution in [0.3, 0.4) is 0 Å². The highest BCUT2D eigenvalue weighted by Crippen LogP contribution is 2.33. The van der Waals surface area contributed by atoms with Crippen LogP contribution in [0.2, 0.25) is 0 Å². The SMILES string of the molecule is CCOc1cccc2c1[nH]c(=S)n2C1(C)CCCOC1. The lowest BCUT2D eigenvalue weighted by Gasteiger charge is -2.35. The van der Waals surface area contributed by atoms with Crippen LogP contribution in [0.25, 0.3) is 11.0 Å². The molecule has 1 atom stereocenters. The predicted octanol–water partition coefficient (Wildman–Crippen LogP) is 3.62. The number of fused-ring (bicyclic) bond motifs is 1. The van der Waals surface area contributed by atoms with Crippen molar-refractivity contribution < 1.29 is 9.47 Å². The lowest BCUT2D eigenvalue weighted by Crippen LogP contribution is -2.39. The molecule has 2 aromatic rings. The molecule has 1 aromatic carbocycles. The zero-order valence-electron chi connectivity index (χ0n) is 11.9. The molecule has 1 N–H and O–H groups in total. The van der Waals surface area contributed by atoms with Gasteiger partial charge in [0, 0.05) is 6.61 Å². The van der Waals surface area contributed by atoms with Crippen molar-refractivity contribution >= 4 is 23.3 Å². The molecular formula is C15H20N2O2S. The van der Waals surface area contributed by atoms with Crippen LogP contribution >= 0.6 is 12.2 Å². The van der Waals surface area contributed by atoms with E-state index in [2.05, 4.69) is 22.5 Å². The summed E-state index contributed by atoms with van der Waals surface area (Å²) in [5.41, 5.74) is 1.98. The molecule has 0 saturated carbocycles. The van der Waals surface area contributed by atoms with Crippen molar-refractivity contribution in [1.82, 2.24) is 9.55 Å². The van der Waals surface area contributed by atoms with Crippen LogP contribution in [-0.2, 0) is 10.3 Å². The van der Waals surface area contributed by atoms with Gasteiger partial charge in [0.2, 0.25) is 0 Å². The molecule has 5 heteroatoms. The van der Waals surface area contributed by atoms with Crippen LogP contribution < -0.4 is 4.74 Å². The monoisotopic (exact) mass is 292 g/mol. The summed E-state index contributed by atoms with van der Waals surface area (Å²) in [6, 6.07) is 6.07. The number of hydrogen-bond acceptors (Lipinski definition) is 3. The maximum absolute atomic E-state index is 5.69. The number of aromatic nitrogens is 2. The Morgan fingerprint density at radius 2 is 2.35 bits per heavy atom. The number of H-pyrrole nitrogens is 1. The molecule has 0 radical (unpaired) electrons. The first-order chi connectivity index (χ1) is 9.65. The third-order valence-corrected chi connectivity index (χ3v) is 4.22. The van der Waals surface area contributed by atoms with Gasteiger partial charge in [-0.25, -0.2) is 0 Å². The summed E-state index contributed by atoms with van der Waals surface area (Å²) >= 11 is 5.55. The molecule has 1 unspecified atom stereocenters. The van der Waals surface area contributed by atoms with E-state index < -0.39 is 0 Å². The Kier molecular flexibility index (Phi) is 3.56. The fourth-order valence-corrected chi connectivity index (χ4v) is 3.43. The minimum atomic E-state index is -0.0849. The Bertz CT molecular complexity index is 668. The molecule has 1 aliphatic rings. The van der Waals surface area contributed by atoms with Gasteiger partial charge in [0.25, 0.3) is 0 Å². The van der Waals surface area contributed by atoms with Crippen molar-refractivity contribution in [3.63, 3.8) is 0 Å². The van der Waals surface area contributed by atoms with Gasteiger partial charge in [0.05, 0.1) is 24.3 Å². The maximum atomic E-state index is 5.69. The van der Waals surface area contributed by atoms with Gasteiger partial charge in [0.1, 0.15) is 11.3 Å². The molecule has 1 aromatic heterocycles. The second-order valence-corrected chi connectivity index (χ2v) is 5.89. The molecule has 1 saturated heterocycles. The Morgan fingerprint density at radius 1 is 1.50 bits per heavy atom. The number of imidazole rings is 1. The van der Waals surface area contributed by atoms with Crippen LogP contribution in [0.5, 0.6) is 5.75 Å². The number of nitrogens with one attached hydrogen (secondary N) is 1. The molecule has 1 fully saturated rings. The largest absolute Gasteiger partial charge is 0.492 e. The zero-order chi connectivity index (χ0) is 14.2. The first-order valence-corrected chi connectivity index (χ1v) is 7.51. The average Bonchev–Trinajstić information content (AvgIpc) is 2.78. The normalized spacial score (nSPS) is 23.1. The number of aromatic amines is 1. The predicted molar refractivity (Wildman–Crippen MR) is 82.0 cm³/mol. The van der Waals surface area contributed by atoms with Gasteiger partial charge >= 0.3 is 0 Å². The smallest absolute Gasteiger partial charge is 0.178 e. The highest BCUT2D eigenvalue weighted by atomic mass is 32.1. The van der Waals surface area contributed by atoms with E-state index in [1.54, 1.807) is 0 Å². The Balaban J connectivity index is 2.18. The number of benzene rings is 1. The average molecular weight is 292 g/mol. The van der Waals surface area contributed by atoms with Crippen LogP contribution in [0.15, 0.2) is 18.2 Å². The molecular weight excluding hydrogens is 272 g/mol. The Labute approximate surface area is 123 Å². The number of ether oxygens (including phenoxy) is 2. The van der Waals surface area contributed by atoms with E-state index in [1.807, 2.05) is 19.1 Å². The molecule has 20 heavy (non-hydrogen) atoms. The molecule has 0 amide bonds. The van der Waals surface area contributed by atoms with Crippen molar-refractivity contribution in [2.45, 2.75) is 32.2 Å². The summed E-state index contributed by atoms with van der Waals surface area (Å²) in [5, 5.41) is 0. The van der Waals surface area contributed by atoms with Gasteiger partial charge in [0.15, 0.2) is 4.77 Å². The van der Waals surface area contributed by atoms with Crippen LogP contribution in [0.4, 0.5) is 0 Å². The minimum Gasteiger partial charge on any atom is -0.492 e. The standard InChI is InChI=1S/C15H20N2O2S/c1-3-19-12-7-4-6-11-13(12)16-14(20)17(11)15(2)8-5-9-18-10-15/h4,6-7H,3,5,8-10H2,1-2H3,(H,16,20). The van der Waals surface area contributed by atoms with Gasteiger partial charge < -0.3 is 19.0 Å². The quantitative estimate of drug-likeness (QED) is 0.878. The fraction of sp³-hybridized carbons (Fsp3) is 0.533. The fourth-order valence-electron chi connectivity index (χ4n) is 3.01. The molecule has 108 valence electrons. The van der Waals surface area contributed by atoms with Crippen molar-refractivity contribution in [1.29, 1.82) is 0 Å². The summed E-state index contributed by atoms with van der Waals surface area (Å²) in [6.07, 6.45) is 2.14. The molecule has 4 nitrogen and oxygen atoms in total. The number of rotatable bonds is 3. The van der Waals surface area contributed by atoms with E-state index >= 15 is 0 Å². The van der Waals surface area contributed by atoms with Crippen molar-refractivity contribution in [3.8, 4) is 5.75 Å². The summed E-state index contributed by atoms with van der Waals surface area (Å²) in [7, 11) is 0. The highest BCUT2D eigenvalue weighted by Gasteiger charge is 2.32. The van der Waals surface area contributed by atoms with Crippen LogP contribution in [0, 0.1) is 4.77 Å². The van der Waals surface area contributed by atoms with E-state index in [0.717, 1.165) is 41.0 Å². The van der Waals surface area contributed by atoms with E-state index in [4.69, 9.17) is 21.7 Å². The third kappa shape index (κ3) is 2.15. The van der Waals surface area contributed by atoms with Gasteiger partial charge in [-0.05, 0) is 51.0 Å². The van der Waals surface area contributed by atoms with E-state index in [9.17, 15) is 0 Å². The van der Waals surface area contributed by atoms with Gasteiger partial charge in [-0.2, -0.15) is 0 Å².